The first-order valence-electron chi connectivity index (χ1n) is 4.79. The zero-order chi connectivity index (χ0) is 11.4. The molecule has 0 amide bonds. The Bertz CT molecular complexity index is 471. The lowest BCUT2D eigenvalue weighted by Gasteiger charge is -2.04. The number of thiazole rings is 1. The van der Waals surface area contributed by atoms with Crippen molar-refractivity contribution in [3.05, 3.63) is 28.5 Å². The van der Waals surface area contributed by atoms with Crippen LogP contribution >= 0.6 is 11.3 Å². The fourth-order valence-electron chi connectivity index (χ4n) is 1.20. The molecule has 0 fully saturated rings. The molecule has 0 bridgehead atoms. The van der Waals surface area contributed by atoms with Crippen LogP contribution in [0.3, 0.4) is 0 Å². The summed E-state index contributed by atoms with van der Waals surface area (Å²) in [4.78, 5) is 13.6. The smallest absolute Gasteiger partial charge is 0.233 e. The molecule has 0 saturated carbocycles. The van der Waals surface area contributed by atoms with Crippen LogP contribution in [0.5, 0.6) is 5.88 Å². The average molecular weight is 236 g/mol. The first-order valence-corrected chi connectivity index (χ1v) is 5.61. The molecule has 84 valence electrons. The predicted molar refractivity (Wildman–Crippen MR) is 62.8 cm³/mol. The number of hydrogen-bond donors (Lipinski definition) is 1. The van der Waals surface area contributed by atoms with E-state index in [1.54, 1.807) is 30.8 Å². The summed E-state index contributed by atoms with van der Waals surface area (Å²) in [5.74, 6) is 1.20. The number of ether oxygens (including phenoxy) is 1. The van der Waals surface area contributed by atoms with E-state index in [0.29, 0.717) is 18.2 Å². The Morgan fingerprint density at radius 1 is 1.38 bits per heavy atom. The second kappa shape index (κ2) is 4.89. The number of aromatic nitrogens is 3. The van der Waals surface area contributed by atoms with E-state index in [2.05, 4.69) is 20.3 Å². The first kappa shape index (κ1) is 10.8. The fourth-order valence-corrected chi connectivity index (χ4v) is 1.93. The summed E-state index contributed by atoms with van der Waals surface area (Å²) in [7, 11) is 1.57. The summed E-state index contributed by atoms with van der Waals surface area (Å²) in [6.07, 6.45) is 5.10. The van der Waals surface area contributed by atoms with Gasteiger partial charge in [0.25, 0.3) is 0 Å². The van der Waals surface area contributed by atoms with Crippen LogP contribution in [0.15, 0.2) is 18.6 Å². The summed E-state index contributed by atoms with van der Waals surface area (Å²) in [5, 5.41) is 4.23. The Labute approximate surface area is 97.5 Å². The molecule has 0 aliphatic rings. The van der Waals surface area contributed by atoms with Crippen LogP contribution < -0.4 is 10.1 Å². The maximum atomic E-state index is 4.99. The monoisotopic (exact) mass is 236 g/mol. The van der Waals surface area contributed by atoms with Crippen LogP contribution in [0, 0.1) is 6.92 Å². The Kier molecular flexibility index (Phi) is 3.31. The van der Waals surface area contributed by atoms with Crippen molar-refractivity contribution in [2.24, 2.45) is 0 Å². The molecular weight excluding hydrogens is 224 g/mol. The minimum atomic E-state index is 0.505. The van der Waals surface area contributed by atoms with Crippen molar-refractivity contribution in [1.82, 2.24) is 15.0 Å². The van der Waals surface area contributed by atoms with Gasteiger partial charge in [0.15, 0.2) is 0 Å². The van der Waals surface area contributed by atoms with Gasteiger partial charge in [-0.1, -0.05) is 0 Å². The molecule has 0 atom stereocenters. The Morgan fingerprint density at radius 2 is 2.25 bits per heavy atom. The second-order valence-corrected chi connectivity index (χ2v) is 4.47. The molecule has 2 rings (SSSR count). The topological polar surface area (TPSA) is 59.9 Å². The van der Waals surface area contributed by atoms with Crippen molar-refractivity contribution in [2.45, 2.75) is 13.5 Å². The lowest BCUT2D eigenvalue weighted by Crippen LogP contribution is -2.01. The van der Waals surface area contributed by atoms with Crippen molar-refractivity contribution < 1.29 is 4.74 Å². The minimum Gasteiger partial charge on any atom is -0.480 e. The third-order valence-corrected chi connectivity index (χ3v) is 2.85. The van der Waals surface area contributed by atoms with Crippen LogP contribution in [0.2, 0.25) is 0 Å². The molecule has 0 aromatic carbocycles. The van der Waals surface area contributed by atoms with E-state index >= 15 is 0 Å². The van der Waals surface area contributed by atoms with Crippen LogP contribution in [0.4, 0.5) is 5.82 Å². The summed E-state index contributed by atoms with van der Waals surface area (Å²) in [6, 6.07) is 0. The van der Waals surface area contributed by atoms with Gasteiger partial charge in [0, 0.05) is 11.1 Å². The molecule has 0 unspecified atom stereocenters. The van der Waals surface area contributed by atoms with Gasteiger partial charge in [-0.15, -0.1) is 11.3 Å². The third-order valence-electron chi connectivity index (χ3n) is 1.93. The molecule has 6 heteroatoms. The maximum absolute atomic E-state index is 4.99. The van der Waals surface area contributed by atoms with Gasteiger partial charge < -0.3 is 10.1 Å². The number of methoxy groups -OCH3 is 1. The van der Waals surface area contributed by atoms with E-state index in [4.69, 9.17) is 4.74 Å². The van der Waals surface area contributed by atoms with Gasteiger partial charge in [0.1, 0.15) is 5.82 Å². The van der Waals surface area contributed by atoms with Crippen molar-refractivity contribution >= 4 is 17.2 Å². The van der Waals surface area contributed by atoms with Gasteiger partial charge in [-0.05, 0) is 6.92 Å². The summed E-state index contributed by atoms with van der Waals surface area (Å²) in [5.41, 5.74) is 0. The largest absolute Gasteiger partial charge is 0.480 e. The number of rotatable bonds is 4. The van der Waals surface area contributed by atoms with Crippen molar-refractivity contribution in [2.75, 3.05) is 12.4 Å². The quantitative estimate of drug-likeness (QED) is 0.878. The summed E-state index contributed by atoms with van der Waals surface area (Å²) >= 11 is 1.66. The number of nitrogens with zero attached hydrogens (tertiary/aromatic N) is 3. The summed E-state index contributed by atoms with van der Waals surface area (Å²) < 4.78 is 4.99. The van der Waals surface area contributed by atoms with E-state index in [1.807, 2.05) is 13.1 Å². The van der Waals surface area contributed by atoms with E-state index in [-0.39, 0.29) is 0 Å². The van der Waals surface area contributed by atoms with E-state index in [1.165, 1.54) is 4.88 Å². The van der Waals surface area contributed by atoms with Crippen LogP contribution in [0.25, 0.3) is 0 Å². The zero-order valence-electron chi connectivity index (χ0n) is 9.10. The molecule has 0 aliphatic carbocycles. The summed E-state index contributed by atoms with van der Waals surface area (Å²) in [6.45, 7) is 2.69. The number of hydrogen-bond acceptors (Lipinski definition) is 6. The molecule has 2 aromatic heterocycles. The molecule has 0 aliphatic heterocycles. The highest BCUT2D eigenvalue weighted by Crippen LogP contribution is 2.14. The van der Waals surface area contributed by atoms with Gasteiger partial charge >= 0.3 is 0 Å². The SMILES string of the molecule is COc1cncc(NCc2cnc(C)s2)n1. The lowest BCUT2D eigenvalue weighted by atomic mass is 10.5. The highest BCUT2D eigenvalue weighted by molar-refractivity contribution is 7.11. The van der Waals surface area contributed by atoms with Gasteiger partial charge in [0.05, 0.1) is 31.1 Å². The van der Waals surface area contributed by atoms with Crippen LogP contribution in [-0.4, -0.2) is 22.1 Å². The van der Waals surface area contributed by atoms with Crippen molar-refractivity contribution in [3.63, 3.8) is 0 Å². The standard InChI is InChI=1S/C10H12N4OS/c1-7-12-3-8(16-7)4-13-9-5-11-6-10(14-9)15-2/h3,5-6H,4H2,1-2H3,(H,13,14). The lowest BCUT2D eigenvalue weighted by molar-refractivity contribution is 0.396. The maximum Gasteiger partial charge on any atom is 0.233 e. The fraction of sp³-hybridized carbons (Fsp3) is 0.300. The van der Waals surface area contributed by atoms with Gasteiger partial charge in [-0.3, -0.25) is 4.98 Å². The van der Waals surface area contributed by atoms with Gasteiger partial charge in [-0.2, -0.15) is 4.98 Å². The predicted octanol–water partition coefficient (Wildman–Crippen LogP) is 1.86. The van der Waals surface area contributed by atoms with Crippen LogP contribution in [-0.2, 0) is 6.54 Å². The highest BCUT2D eigenvalue weighted by atomic mass is 32.1. The Hall–Kier alpha value is -1.69. The third kappa shape index (κ3) is 2.66. The molecule has 2 aromatic rings. The highest BCUT2D eigenvalue weighted by Gasteiger charge is 2.00. The molecule has 2 heterocycles. The Balaban J connectivity index is 1.99. The second-order valence-electron chi connectivity index (χ2n) is 3.15. The van der Waals surface area contributed by atoms with Crippen LogP contribution in [0.1, 0.15) is 9.88 Å². The van der Waals surface area contributed by atoms with E-state index in [0.717, 1.165) is 5.01 Å². The van der Waals surface area contributed by atoms with Gasteiger partial charge in [-0.25, -0.2) is 4.98 Å². The first-order chi connectivity index (χ1) is 7.78. The van der Waals surface area contributed by atoms with Crippen molar-refractivity contribution in [1.29, 1.82) is 0 Å². The number of anilines is 1. The molecule has 1 N–H and O–H groups in total. The number of nitrogens with one attached hydrogen (secondary N) is 1. The molecular formula is C10H12N4OS. The molecule has 5 nitrogen and oxygen atoms in total. The normalized spacial score (nSPS) is 10.1. The minimum absolute atomic E-state index is 0.505. The van der Waals surface area contributed by atoms with E-state index < -0.39 is 0 Å². The average Bonchev–Trinajstić information content (AvgIpc) is 2.73. The molecule has 0 radical (unpaired) electrons. The zero-order valence-corrected chi connectivity index (χ0v) is 9.91. The number of aryl methyl sites for hydroxylation is 1. The Morgan fingerprint density at radius 3 is 2.94 bits per heavy atom. The molecule has 0 spiro atoms. The molecule has 0 saturated heterocycles. The van der Waals surface area contributed by atoms with E-state index in [9.17, 15) is 0 Å². The van der Waals surface area contributed by atoms with Gasteiger partial charge in [0.2, 0.25) is 5.88 Å². The van der Waals surface area contributed by atoms with Crippen molar-refractivity contribution in [3.8, 4) is 5.88 Å². The molecule has 16 heavy (non-hydrogen) atoms.